The van der Waals surface area contributed by atoms with Crippen molar-refractivity contribution in [2.75, 3.05) is 46.4 Å². The average Bonchev–Trinajstić information content (AvgIpc) is 3.13. The third-order valence-corrected chi connectivity index (χ3v) is 5.50. The molecule has 2 heterocycles. The van der Waals surface area contributed by atoms with E-state index in [9.17, 15) is 14.4 Å². The highest BCUT2D eigenvalue weighted by Crippen LogP contribution is 2.26. The van der Waals surface area contributed by atoms with Crippen molar-refractivity contribution in [3.05, 3.63) is 24.3 Å². The van der Waals surface area contributed by atoms with Crippen LogP contribution in [0.15, 0.2) is 24.3 Å². The first kappa shape index (κ1) is 21.0. The molecule has 2 aliphatic heterocycles. The molecule has 0 N–H and O–H groups in total. The van der Waals surface area contributed by atoms with Crippen LogP contribution in [-0.2, 0) is 14.4 Å². The normalized spacial score (nSPS) is 19.7. The first-order valence-electron chi connectivity index (χ1n) is 10.0. The molecule has 0 radical (unpaired) electrons. The Morgan fingerprint density at radius 2 is 1.69 bits per heavy atom. The molecule has 3 amide bonds. The van der Waals surface area contributed by atoms with E-state index in [2.05, 4.69) is 0 Å². The van der Waals surface area contributed by atoms with Crippen LogP contribution in [0.1, 0.15) is 20.3 Å². The van der Waals surface area contributed by atoms with Crippen LogP contribution in [0.3, 0.4) is 0 Å². The minimum absolute atomic E-state index is 0.0128. The molecular weight excluding hydrogens is 374 g/mol. The predicted octanol–water partition coefficient (Wildman–Crippen LogP) is 1.00. The van der Waals surface area contributed by atoms with Gasteiger partial charge in [-0.2, -0.15) is 0 Å². The van der Waals surface area contributed by atoms with Gasteiger partial charge in [0, 0.05) is 45.2 Å². The number of likely N-dealkylation sites (tertiary alicyclic amines) is 1. The van der Waals surface area contributed by atoms with Crippen molar-refractivity contribution in [2.24, 2.45) is 5.92 Å². The maximum atomic E-state index is 12.8. The number of amides is 3. The predicted molar refractivity (Wildman–Crippen MR) is 107 cm³/mol. The number of hydrogen-bond donors (Lipinski definition) is 0. The molecule has 3 rings (SSSR count). The highest BCUT2D eigenvalue weighted by molar-refractivity contribution is 5.89. The summed E-state index contributed by atoms with van der Waals surface area (Å²) in [5.41, 5.74) is 0. The van der Waals surface area contributed by atoms with Gasteiger partial charge in [0.25, 0.3) is 5.91 Å². The maximum Gasteiger partial charge on any atom is 0.260 e. The molecule has 29 heavy (non-hydrogen) atoms. The number of ether oxygens (including phenoxy) is 2. The molecule has 2 aliphatic rings. The van der Waals surface area contributed by atoms with Gasteiger partial charge >= 0.3 is 0 Å². The summed E-state index contributed by atoms with van der Waals surface area (Å²) in [6.45, 7) is 6.22. The second-order valence-electron chi connectivity index (χ2n) is 7.69. The van der Waals surface area contributed by atoms with E-state index < -0.39 is 0 Å². The monoisotopic (exact) mass is 403 g/mol. The zero-order valence-electron chi connectivity index (χ0n) is 17.3. The number of methoxy groups -OCH3 is 1. The lowest BCUT2D eigenvalue weighted by Gasteiger charge is -2.36. The van der Waals surface area contributed by atoms with E-state index in [1.54, 1.807) is 33.9 Å². The van der Waals surface area contributed by atoms with Crippen LogP contribution >= 0.6 is 0 Å². The third kappa shape index (κ3) is 4.81. The van der Waals surface area contributed by atoms with Gasteiger partial charge in [0.15, 0.2) is 18.1 Å². The molecule has 8 heteroatoms. The van der Waals surface area contributed by atoms with Gasteiger partial charge in [0.05, 0.1) is 13.0 Å². The Labute approximate surface area is 171 Å². The van der Waals surface area contributed by atoms with E-state index in [1.807, 2.05) is 26.0 Å². The molecule has 1 aromatic carbocycles. The first-order chi connectivity index (χ1) is 13.9. The SMILES string of the molecule is COc1ccccc1OCC(=O)N1CCN(C(=O)C2CC(=O)N(C(C)C)C2)CC1. The van der Waals surface area contributed by atoms with Crippen molar-refractivity contribution >= 4 is 17.7 Å². The molecule has 0 bridgehead atoms. The fraction of sp³-hybridized carbons (Fsp3) is 0.571. The van der Waals surface area contributed by atoms with Gasteiger partial charge in [-0.1, -0.05) is 12.1 Å². The lowest BCUT2D eigenvalue weighted by atomic mass is 10.1. The van der Waals surface area contributed by atoms with Crippen LogP contribution in [-0.4, -0.2) is 84.9 Å². The summed E-state index contributed by atoms with van der Waals surface area (Å²) in [4.78, 5) is 42.6. The van der Waals surface area contributed by atoms with E-state index >= 15 is 0 Å². The molecule has 0 aromatic heterocycles. The molecule has 0 spiro atoms. The van der Waals surface area contributed by atoms with Crippen LogP contribution in [0, 0.1) is 5.92 Å². The van der Waals surface area contributed by atoms with Gasteiger partial charge in [-0.3, -0.25) is 14.4 Å². The number of hydrogen-bond acceptors (Lipinski definition) is 5. The van der Waals surface area contributed by atoms with Gasteiger partial charge in [-0.05, 0) is 26.0 Å². The Bertz CT molecular complexity index is 758. The van der Waals surface area contributed by atoms with E-state index in [0.29, 0.717) is 44.2 Å². The number of piperazine rings is 1. The van der Waals surface area contributed by atoms with E-state index in [1.165, 1.54) is 0 Å². The van der Waals surface area contributed by atoms with Gasteiger partial charge < -0.3 is 24.2 Å². The second-order valence-corrected chi connectivity index (χ2v) is 7.69. The van der Waals surface area contributed by atoms with Gasteiger partial charge in [0.1, 0.15) is 0 Å². The van der Waals surface area contributed by atoms with Crippen molar-refractivity contribution in [3.8, 4) is 11.5 Å². The van der Waals surface area contributed by atoms with Crippen LogP contribution in [0.25, 0.3) is 0 Å². The smallest absolute Gasteiger partial charge is 0.260 e. The standard InChI is InChI=1S/C21H29N3O5/c1-15(2)24-13-16(12-19(24)25)21(27)23-10-8-22(9-11-23)20(26)14-29-18-7-5-4-6-17(18)28-3/h4-7,15-16H,8-14H2,1-3H3. The van der Waals surface area contributed by atoms with Crippen molar-refractivity contribution in [3.63, 3.8) is 0 Å². The van der Waals surface area contributed by atoms with Gasteiger partial charge in [0.2, 0.25) is 11.8 Å². The fourth-order valence-corrected chi connectivity index (χ4v) is 3.80. The molecule has 2 fully saturated rings. The summed E-state index contributed by atoms with van der Waals surface area (Å²) in [6, 6.07) is 7.30. The topological polar surface area (TPSA) is 79.4 Å². The number of nitrogens with zero attached hydrogens (tertiary/aromatic N) is 3. The largest absolute Gasteiger partial charge is 0.493 e. The highest BCUT2D eigenvalue weighted by atomic mass is 16.5. The summed E-state index contributed by atoms with van der Waals surface area (Å²) in [5, 5.41) is 0. The maximum absolute atomic E-state index is 12.8. The van der Waals surface area contributed by atoms with Gasteiger partial charge in [-0.15, -0.1) is 0 Å². The Morgan fingerprint density at radius 1 is 1.07 bits per heavy atom. The molecular formula is C21H29N3O5. The first-order valence-corrected chi connectivity index (χ1v) is 10.0. The Hall–Kier alpha value is -2.77. The number of carbonyl (C=O) groups is 3. The molecule has 0 aliphatic carbocycles. The van der Waals surface area contributed by atoms with Crippen molar-refractivity contribution in [2.45, 2.75) is 26.3 Å². The van der Waals surface area contributed by atoms with E-state index in [4.69, 9.17) is 9.47 Å². The van der Waals surface area contributed by atoms with Crippen LogP contribution in [0.5, 0.6) is 11.5 Å². The van der Waals surface area contributed by atoms with E-state index in [0.717, 1.165) is 0 Å². The minimum Gasteiger partial charge on any atom is -0.493 e. The lowest BCUT2D eigenvalue weighted by Crippen LogP contribution is -2.53. The molecule has 158 valence electrons. The van der Waals surface area contributed by atoms with Gasteiger partial charge in [-0.25, -0.2) is 0 Å². The quantitative estimate of drug-likeness (QED) is 0.708. The molecule has 8 nitrogen and oxygen atoms in total. The van der Waals surface area contributed by atoms with Crippen LogP contribution in [0.2, 0.25) is 0 Å². The zero-order chi connectivity index (χ0) is 21.0. The summed E-state index contributed by atoms with van der Waals surface area (Å²) in [5.74, 6) is 0.764. The van der Waals surface area contributed by atoms with E-state index in [-0.39, 0.29) is 42.7 Å². The molecule has 2 saturated heterocycles. The van der Waals surface area contributed by atoms with Crippen molar-refractivity contribution in [1.82, 2.24) is 14.7 Å². The fourth-order valence-electron chi connectivity index (χ4n) is 3.80. The number of carbonyl (C=O) groups excluding carboxylic acids is 3. The van der Waals surface area contributed by atoms with Crippen LogP contribution in [0.4, 0.5) is 0 Å². The Morgan fingerprint density at radius 3 is 2.28 bits per heavy atom. The Balaban J connectivity index is 1.47. The number of benzene rings is 1. The molecule has 1 aromatic rings. The molecule has 0 saturated carbocycles. The molecule has 1 unspecified atom stereocenters. The number of rotatable bonds is 6. The van der Waals surface area contributed by atoms with Crippen LogP contribution < -0.4 is 9.47 Å². The van der Waals surface area contributed by atoms with Crippen molar-refractivity contribution < 1.29 is 23.9 Å². The second kappa shape index (κ2) is 9.15. The summed E-state index contributed by atoms with van der Waals surface area (Å²) < 4.78 is 10.8. The highest BCUT2D eigenvalue weighted by Gasteiger charge is 2.38. The zero-order valence-corrected chi connectivity index (χ0v) is 17.3. The molecule has 1 atom stereocenters. The lowest BCUT2D eigenvalue weighted by molar-refractivity contribution is -0.142. The van der Waals surface area contributed by atoms with Crippen molar-refractivity contribution in [1.29, 1.82) is 0 Å². The number of para-hydroxylation sites is 2. The third-order valence-electron chi connectivity index (χ3n) is 5.50. The average molecular weight is 403 g/mol. The minimum atomic E-state index is -0.277. The summed E-state index contributed by atoms with van der Waals surface area (Å²) in [7, 11) is 1.55. The summed E-state index contributed by atoms with van der Waals surface area (Å²) in [6.07, 6.45) is 0.281. The Kier molecular flexibility index (Phi) is 6.61. The summed E-state index contributed by atoms with van der Waals surface area (Å²) >= 11 is 0.